The van der Waals surface area contributed by atoms with E-state index >= 15 is 0 Å². The van der Waals surface area contributed by atoms with Crippen molar-refractivity contribution >= 4 is 27.6 Å². The van der Waals surface area contributed by atoms with Gasteiger partial charge in [-0.1, -0.05) is 30.3 Å². The summed E-state index contributed by atoms with van der Waals surface area (Å²) in [5, 5.41) is 2.22. The minimum atomic E-state index is 0.886. The summed E-state index contributed by atoms with van der Waals surface area (Å²) >= 11 is 0. The quantitative estimate of drug-likeness (QED) is 0.398. The Morgan fingerprint density at radius 2 is 1.62 bits per heavy atom. The van der Waals surface area contributed by atoms with Crippen LogP contribution in [0.4, 0.5) is 0 Å². The molecule has 1 aliphatic rings. The molecule has 0 radical (unpaired) electrons. The van der Waals surface area contributed by atoms with Crippen molar-refractivity contribution in [1.82, 2.24) is 19.4 Å². The van der Waals surface area contributed by atoms with E-state index in [4.69, 9.17) is 4.98 Å². The second-order valence-electron chi connectivity index (χ2n) is 6.17. The lowest BCUT2D eigenvalue weighted by Gasteiger charge is -2.08. The number of nitrogens with zero attached hydrogens (tertiary/aromatic N) is 4. The number of imidazole rings is 1. The highest BCUT2D eigenvalue weighted by atomic mass is 15.1. The fourth-order valence-electron chi connectivity index (χ4n) is 3.89. The molecular formula is C20H12N4. The molecule has 4 heterocycles. The minimum Gasteiger partial charge on any atom is -0.278 e. The number of hydrogen-bond acceptors (Lipinski definition) is 3. The predicted octanol–water partition coefficient (Wildman–Crippen LogP) is 4.00. The Morgan fingerprint density at radius 3 is 2.58 bits per heavy atom. The summed E-state index contributed by atoms with van der Waals surface area (Å²) in [5.41, 5.74) is 7.62. The lowest BCUT2D eigenvalue weighted by molar-refractivity contribution is 1.07. The van der Waals surface area contributed by atoms with Crippen LogP contribution in [0.5, 0.6) is 0 Å². The van der Waals surface area contributed by atoms with Crippen molar-refractivity contribution in [2.75, 3.05) is 0 Å². The van der Waals surface area contributed by atoms with Gasteiger partial charge in [0, 0.05) is 35.2 Å². The Morgan fingerprint density at radius 1 is 0.792 bits per heavy atom. The molecule has 0 saturated carbocycles. The zero-order chi connectivity index (χ0) is 15.7. The Bertz CT molecular complexity index is 1280. The van der Waals surface area contributed by atoms with Crippen LogP contribution >= 0.6 is 0 Å². The molecule has 0 aliphatic heterocycles. The molecule has 4 heteroatoms. The number of pyridine rings is 3. The molecule has 0 N–H and O–H groups in total. The summed E-state index contributed by atoms with van der Waals surface area (Å²) in [4.78, 5) is 14.3. The van der Waals surface area contributed by atoms with Crippen molar-refractivity contribution in [1.29, 1.82) is 0 Å². The van der Waals surface area contributed by atoms with E-state index in [9.17, 15) is 0 Å². The zero-order valence-corrected chi connectivity index (χ0v) is 12.8. The lowest BCUT2D eigenvalue weighted by atomic mass is 10.1. The summed E-state index contributed by atoms with van der Waals surface area (Å²) in [6.07, 6.45) is 4.56. The third-order valence-electron chi connectivity index (χ3n) is 4.91. The summed E-state index contributed by atoms with van der Waals surface area (Å²) < 4.78 is 2.19. The monoisotopic (exact) mass is 308 g/mol. The van der Waals surface area contributed by atoms with Gasteiger partial charge in [0.25, 0.3) is 0 Å². The molecule has 4 nitrogen and oxygen atoms in total. The van der Waals surface area contributed by atoms with Gasteiger partial charge in [-0.05, 0) is 23.8 Å². The molecule has 1 aliphatic carbocycles. The Hall–Kier alpha value is -3.27. The zero-order valence-electron chi connectivity index (χ0n) is 12.8. The molecule has 6 rings (SSSR count). The SMILES string of the molecule is c1ccc2c(c1)Cc1c-2nc2c3ncccc3c3cccnc3n12. The topological polar surface area (TPSA) is 43.1 Å². The van der Waals surface area contributed by atoms with Crippen molar-refractivity contribution in [2.24, 2.45) is 0 Å². The van der Waals surface area contributed by atoms with E-state index in [1.165, 1.54) is 16.8 Å². The Labute approximate surface area is 137 Å². The second-order valence-corrected chi connectivity index (χ2v) is 6.17. The highest BCUT2D eigenvalue weighted by Crippen LogP contribution is 2.39. The lowest BCUT2D eigenvalue weighted by Crippen LogP contribution is -1.98. The number of benzene rings is 1. The number of rotatable bonds is 0. The first-order valence-corrected chi connectivity index (χ1v) is 8.03. The van der Waals surface area contributed by atoms with Crippen molar-refractivity contribution in [3.05, 3.63) is 72.2 Å². The van der Waals surface area contributed by atoms with Crippen LogP contribution in [0.1, 0.15) is 11.3 Å². The van der Waals surface area contributed by atoms with Crippen LogP contribution in [-0.4, -0.2) is 19.4 Å². The van der Waals surface area contributed by atoms with Gasteiger partial charge < -0.3 is 0 Å². The number of aromatic nitrogens is 4. The van der Waals surface area contributed by atoms with Gasteiger partial charge in [0.1, 0.15) is 11.2 Å². The van der Waals surface area contributed by atoms with Gasteiger partial charge >= 0.3 is 0 Å². The molecule has 5 aromatic rings. The van der Waals surface area contributed by atoms with Crippen LogP contribution in [0.3, 0.4) is 0 Å². The molecule has 0 bridgehead atoms. The molecule has 0 saturated heterocycles. The third-order valence-corrected chi connectivity index (χ3v) is 4.91. The van der Waals surface area contributed by atoms with Gasteiger partial charge in [0.05, 0.1) is 11.4 Å². The van der Waals surface area contributed by atoms with Gasteiger partial charge in [0.15, 0.2) is 5.65 Å². The normalized spacial score (nSPS) is 12.8. The van der Waals surface area contributed by atoms with Gasteiger partial charge in [-0.2, -0.15) is 0 Å². The minimum absolute atomic E-state index is 0.886. The molecule has 4 aromatic heterocycles. The molecule has 0 fully saturated rings. The van der Waals surface area contributed by atoms with Gasteiger partial charge in [0.2, 0.25) is 0 Å². The predicted molar refractivity (Wildman–Crippen MR) is 94.0 cm³/mol. The number of hydrogen-bond donors (Lipinski definition) is 0. The first-order valence-electron chi connectivity index (χ1n) is 8.03. The van der Waals surface area contributed by atoms with Crippen molar-refractivity contribution in [3.63, 3.8) is 0 Å². The summed E-state index contributed by atoms with van der Waals surface area (Å²) in [6, 6.07) is 16.6. The van der Waals surface area contributed by atoms with E-state index in [1.54, 1.807) is 0 Å². The average molecular weight is 308 g/mol. The van der Waals surface area contributed by atoms with Crippen molar-refractivity contribution < 1.29 is 0 Å². The summed E-state index contributed by atoms with van der Waals surface area (Å²) in [7, 11) is 0. The fourth-order valence-corrected chi connectivity index (χ4v) is 3.89. The second kappa shape index (κ2) is 4.17. The van der Waals surface area contributed by atoms with Crippen molar-refractivity contribution in [3.8, 4) is 11.3 Å². The Balaban J connectivity index is 1.90. The van der Waals surface area contributed by atoms with Gasteiger partial charge in [-0.15, -0.1) is 0 Å². The summed E-state index contributed by atoms with van der Waals surface area (Å²) in [5.74, 6) is 0. The van der Waals surface area contributed by atoms with Crippen LogP contribution in [-0.2, 0) is 6.42 Å². The van der Waals surface area contributed by atoms with Crippen LogP contribution in [0.25, 0.3) is 38.8 Å². The molecular weight excluding hydrogens is 296 g/mol. The van der Waals surface area contributed by atoms with Crippen LogP contribution in [0.2, 0.25) is 0 Å². The van der Waals surface area contributed by atoms with Crippen LogP contribution in [0.15, 0.2) is 60.9 Å². The largest absolute Gasteiger partial charge is 0.278 e. The van der Waals surface area contributed by atoms with E-state index in [0.29, 0.717) is 0 Å². The van der Waals surface area contributed by atoms with E-state index in [-0.39, 0.29) is 0 Å². The van der Waals surface area contributed by atoms with Crippen molar-refractivity contribution in [2.45, 2.75) is 6.42 Å². The third kappa shape index (κ3) is 1.36. The maximum absolute atomic E-state index is 4.97. The molecule has 0 spiro atoms. The molecule has 0 unspecified atom stereocenters. The molecule has 24 heavy (non-hydrogen) atoms. The molecule has 0 amide bonds. The highest BCUT2D eigenvalue weighted by molar-refractivity contribution is 6.09. The average Bonchev–Trinajstić information content (AvgIpc) is 3.18. The van der Waals surface area contributed by atoms with Crippen LogP contribution in [0, 0.1) is 0 Å². The van der Waals surface area contributed by atoms with E-state index in [2.05, 4.69) is 50.8 Å². The van der Waals surface area contributed by atoms with E-state index in [1.807, 2.05) is 24.5 Å². The van der Waals surface area contributed by atoms with Gasteiger partial charge in [-0.25, -0.2) is 9.97 Å². The number of fused-ring (bicyclic) bond motifs is 10. The van der Waals surface area contributed by atoms with E-state index < -0.39 is 0 Å². The maximum Gasteiger partial charge on any atom is 0.166 e. The standard InChI is InChI=1S/C20H12N4/c1-2-6-13-12(5-1)11-16-17(13)23-20-18-14(7-3-9-21-18)15-8-4-10-22-19(15)24(16)20/h1-10H,11H2. The van der Waals surface area contributed by atoms with Gasteiger partial charge in [-0.3, -0.25) is 9.38 Å². The Kier molecular flexibility index (Phi) is 2.12. The smallest absolute Gasteiger partial charge is 0.166 e. The molecule has 0 atom stereocenters. The molecule has 1 aromatic carbocycles. The maximum atomic E-state index is 4.97. The van der Waals surface area contributed by atoms with E-state index in [0.717, 1.165) is 39.7 Å². The summed E-state index contributed by atoms with van der Waals surface area (Å²) in [6.45, 7) is 0. The first kappa shape index (κ1) is 12.2. The highest BCUT2D eigenvalue weighted by Gasteiger charge is 2.26. The fraction of sp³-hybridized carbons (Fsp3) is 0.0500. The first-order chi connectivity index (χ1) is 11.9. The molecule has 112 valence electrons. The van der Waals surface area contributed by atoms with Crippen LogP contribution < -0.4 is 0 Å².